The number of rotatable bonds is 3. The molecule has 1 aromatic carbocycles. The molecule has 1 aromatic rings. The molecule has 2 rings (SSSR count). The summed E-state index contributed by atoms with van der Waals surface area (Å²) in [6, 6.07) is 9.46. The number of nitriles is 1. The van der Waals surface area contributed by atoms with Crippen molar-refractivity contribution in [2.24, 2.45) is 0 Å². The van der Waals surface area contributed by atoms with Crippen molar-refractivity contribution in [3.05, 3.63) is 29.8 Å². The minimum absolute atomic E-state index is 0.0169. The highest BCUT2D eigenvalue weighted by Crippen LogP contribution is 2.34. The van der Waals surface area contributed by atoms with Gasteiger partial charge in [-0.2, -0.15) is 5.26 Å². The van der Waals surface area contributed by atoms with Gasteiger partial charge in [0.15, 0.2) is 0 Å². The lowest BCUT2D eigenvalue weighted by Crippen LogP contribution is -2.27. The first kappa shape index (κ1) is 14.2. The van der Waals surface area contributed by atoms with Gasteiger partial charge in [0.05, 0.1) is 18.0 Å². The average molecular weight is 245 g/mol. The Bertz CT molecular complexity index is 451. The van der Waals surface area contributed by atoms with Crippen LogP contribution < -0.4 is 10.6 Å². The summed E-state index contributed by atoms with van der Waals surface area (Å²) >= 11 is 0. The molecule has 18 heavy (non-hydrogen) atoms. The molecular formula is C14H19N3O. The zero-order valence-corrected chi connectivity index (χ0v) is 11.0. The topological polar surface area (TPSA) is 64.9 Å². The van der Waals surface area contributed by atoms with Crippen LogP contribution in [0.25, 0.3) is 0 Å². The highest BCUT2D eigenvalue weighted by atomic mass is 16.2. The first-order valence-electron chi connectivity index (χ1n) is 6.23. The molecule has 1 amide bonds. The monoisotopic (exact) mass is 245 g/mol. The van der Waals surface area contributed by atoms with Gasteiger partial charge in [-0.3, -0.25) is 4.79 Å². The Labute approximate surface area is 108 Å². The van der Waals surface area contributed by atoms with E-state index in [0.717, 1.165) is 11.3 Å². The maximum Gasteiger partial charge on any atom is 0.232 e. The Morgan fingerprint density at radius 2 is 2.11 bits per heavy atom. The van der Waals surface area contributed by atoms with Gasteiger partial charge < -0.3 is 10.6 Å². The van der Waals surface area contributed by atoms with Gasteiger partial charge in [0.25, 0.3) is 0 Å². The maximum atomic E-state index is 11.8. The van der Waals surface area contributed by atoms with E-state index in [1.54, 1.807) is 7.05 Å². The van der Waals surface area contributed by atoms with E-state index in [9.17, 15) is 4.79 Å². The van der Waals surface area contributed by atoms with Gasteiger partial charge in [-0.15, -0.1) is 0 Å². The third-order valence-corrected chi connectivity index (χ3v) is 2.89. The molecular weight excluding hydrogens is 226 g/mol. The lowest BCUT2D eigenvalue weighted by Gasteiger charge is -2.12. The number of hydrogen-bond acceptors (Lipinski definition) is 3. The fourth-order valence-electron chi connectivity index (χ4n) is 1.98. The van der Waals surface area contributed by atoms with Crippen molar-refractivity contribution >= 4 is 11.6 Å². The first-order chi connectivity index (χ1) is 8.76. The van der Waals surface area contributed by atoms with Crippen LogP contribution in [0.2, 0.25) is 0 Å². The number of hydrogen-bond donors (Lipinski definition) is 2. The summed E-state index contributed by atoms with van der Waals surface area (Å²) in [4.78, 5) is 11.8. The molecule has 0 spiro atoms. The van der Waals surface area contributed by atoms with Gasteiger partial charge >= 0.3 is 0 Å². The van der Waals surface area contributed by atoms with Crippen LogP contribution in [0.4, 0.5) is 5.69 Å². The number of nitrogens with zero attached hydrogens (tertiary/aromatic N) is 1. The number of fused-ring (bicyclic) bond motifs is 1. The molecule has 2 unspecified atom stereocenters. The summed E-state index contributed by atoms with van der Waals surface area (Å²) < 4.78 is 0. The summed E-state index contributed by atoms with van der Waals surface area (Å²) in [6.07, 6.45) is 0.510. The van der Waals surface area contributed by atoms with Crippen molar-refractivity contribution in [1.82, 2.24) is 5.32 Å². The molecule has 1 aliphatic rings. The predicted molar refractivity (Wildman–Crippen MR) is 72.2 cm³/mol. The first-order valence-corrected chi connectivity index (χ1v) is 6.23. The van der Waals surface area contributed by atoms with Crippen LogP contribution in [0, 0.1) is 11.3 Å². The van der Waals surface area contributed by atoms with E-state index < -0.39 is 0 Å². The van der Waals surface area contributed by atoms with Crippen LogP contribution in [0.3, 0.4) is 0 Å². The Morgan fingerprint density at radius 3 is 2.72 bits per heavy atom. The third-order valence-electron chi connectivity index (χ3n) is 2.89. The summed E-state index contributed by atoms with van der Waals surface area (Å²) in [5.74, 6) is -0.231. The van der Waals surface area contributed by atoms with E-state index in [2.05, 4.69) is 16.7 Å². The lowest BCUT2D eigenvalue weighted by atomic mass is 9.94. The molecule has 4 nitrogen and oxygen atoms in total. The van der Waals surface area contributed by atoms with Crippen molar-refractivity contribution in [1.29, 1.82) is 5.26 Å². The molecule has 0 saturated carbocycles. The number of nitrogens with one attached hydrogen (secondary N) is 2. The van der Waals surface area contributed by atoms with Gasteiger partial charge in [0.1, 0.15) is 0 Å². The molecule has 0 radical (unpaired) electrons. The highest BCUT2D eigenvalue weighted by molar-refractivity contribution is 6.02. The standard InChI is InChI=1S/C12H13N3O.C2H6/c1-14-8(7-13)6-10-9-4-2-3-5-11(9)15-12(10)16;1-2/h2-5,8,10,14H,6H2,1H3,(H,15,16);1-2H3. The summed E-state index contributed by atoms with van der Waals surface area (Å²) in [7, 11) is 1.73. The van der Waals surface area contributed by atoms with Gasteiger partial charge in [-0.1, -0.05) is 32.0 Å². The normalized spacial score (nSPS) is 17.9. The van der Waals surface area contributed by atoms with E-state index in [1.165, 1.54) is 0 Å². The largest absolute Gasteiger partial charge is 0.325 e. The quantitative estimate of drug-likeness (QED) is 0.858. The molecule has 4 heteroatoms. The van der Waals surface area contributed by atoms with Gasteiger partial charge in [0.2, 0.25) is 5.91 Å². The summed E-state index contributed by atoms with van der Waals surface area (Å²) in [6.45, 7) is 4.00. The fourth-order valence-corrected chi connectivity index (χ4v) is 1.98. The Hall–Kier alpha value is -1.86. The van der Waals surface area contributed by atoms with E-state index in [0.29, 0.717) is 6.42 Å². The van der Waals surface area contributed by atoms with E-state index in [-0.39, 0.29) is 17.9 Å². The van der Waals surface area contributed by atoms with Crippen LogP contribution in [0.5, 0.6) is 0 Å². The molecule has 1 heterocycles. The number of carbonyl (C=O) groups is 1. The zero-order valence-electron chi connectivity index (χ0n) is 11.0. The molecule has 96 valence electrons. The van der Waals surface area contributed by atoms with E-state index in [1.807, 2.05) is 38.1 Å². The van der Waals surface area contributed by atoms with Crippen molar-refractivity contribution in [3.8, 4) is 6.07 Å². The number of benzene rings is 1. The molecule has 1 aliphatic heterocycles. The number of carbonyl (C=O) groups excluding carboxylic acids is 1. The summed E-state index contributed by atoms with van der Waals surface area (Å²) in [5, 5.41) is 14.6. The van der Waals surface area contributed by atoms with Crippen molar-refractivity contribution < 1.29 is 4.79 Å². The van der Waals surface area contributed by atoms with Crippen molar-refractivity contribution in [2.75, 3.05) is 12.4 Å². The molecule has 2 atom stereocenters. The van der Waals surface area contributed by atoms with Crippen LogP contribution in [0.1, 0.15) is 31.7 Å². The second-order valence-corrected chi connectivity index (χ2v) is 3.84. The molecule has 0 saturated heterocycles. The van der Waals surface area contributed by atoms with E-state index in [4.69, 9.17) is 5.26 Å². The predicted octanol–water partition coefficient (Wildman–Crippen LogP) is 2.25. The molecule has 0 bridgehead atoms. The highest BCUT2D eigenvalue weighted by Gasteiger charge is 2.31. The van der Waals surface area contributed by atoms with Gasteiger partial charge in [0, 0.05) is 5.69 Å². The minimum atomic E-state index is -0.290. The fraction of sp³-hybridized carbons (Fsp3) is 0.429. The van der Waals surface area contributed by atoms with Crippen LogP contribution in [0.15, 0.2) is 24.3 Å². The maximum absolute atomic E-state index is 11.8. The van der Waals surface area contributed by atoms with Crippen molar-refractivity contribution in [3.63, 3.8) is 0 Å². The van der Waals surface area contributed by atoms with Crippen LogP contribution in [-0.4, -0.2) is 19.0 Å². The Kier molecular flexibility index (Phi) is 5.34. The molecule has 2 N–H and O–H groups in total. The minimum Gasteiger partial charge on any atom is -0.325 e. The average Bonchev–Trinajstić information content (AvgIpc) is 2.74. The second kappa shape index (κ2) is 6.77. The Morgan fingerprint density at radius 1 is 1.44 bits per heavy atom. The second-order valence-electron chi connectivity index (χ2n) is 3.84. The number of anilines is 1. The molecule has 0 aliphatic carbocycles. The number of amides is 1. The third kappa shape index (κ3) is 2.88. The summed E-state index contributed by atoms with van der Waals surface area (Å²) in [5.41, 5.74) is 1.85. The molecule has 0 aromatic heterocycles. The smallest absolute Gasteiger partial charge is 0.232 e. The SMILES string of the molecule is CC.CNC(C#N)CC1C(=O)Nc2ccccc21. The molecule has 0 fully saturated rings. The Balaban J connectivity index is 0.000000771. The van der Waals surface area contributed by atoms with Crippen LogP contribution >= 0.6 is 0 Å². The van der Waals surface area contributed by atoms with Gasteiger partial charge in [-0.25, -0.2) is 0 Å². The van der Waals surface area contributed by atoms with E-state index >= 15 is 0 Å². The number of para-hydroxylation sites is 1. The van der Waals surface area contributed by atoms with Gasteiger partial charge in [-0.05, 0) is 25.1 Å². The zero-order chi connectivity index (χ0) is 13.5. The lowest BCUT2D eigenvalue weighted by molar-refractivity contribution is -0.117. The van der Waals surface area contributed by atoms with Crippen LogP contribution in [-0.2, 0) is 4.79 Å². The van der Waals surface area contributed by atoms with Crippen molar-refractivity contribution in [2.45, 2.75) is 32.2 Å².